The van der Waals surface area contributed by atoms with Crippen LogP contribution in [0.2, 0.25) is 0 Å². The standard InChI is InChI=1S/C21H23N3O6/c1-27-17-5-12(13(11-25)6-18(17)28-2)7-21(26)23-16-10-22-24-15-9-20(30-4)19(29-3)8-14(15)16/h5-6,8-10,25H,7,11H2,1-4H3,(H,23,24,26). The number of rotatable bonds is 8. The third-order valence-corrected chi connectivity index (χ3v) is 4.65. The van der Waals surface area contributed by atoms with Crippen molar-refractivity contribution >= 4 is 22.5 Å². The lowest BCUT2D eigenvalue weighted by Gasteiger charge is -2.14. The summed E-state index contributed by atoms with van der Waals surface area (Å²) in [5.41, 5.74) is 2.23. The minimum atomic E-state index is -0.291. The van der Waals surface area contributed by atoms with Gasteiger partial charge in [-0.3, -0.25) is 4.79 Å². The zero-order valence-corrected chi connectivity index (χ0v) is 17.2. The van der Waals surface area contributed by atoms with Crippen LogP contribution in [-0.4, -0.2) is 49.7 Å². The van der Waals surface area contributed by atoms with Gasteiger partial charge < -0.3 is 29.4 Å². The highest BCUT2D eigenvalue weighted by Crippen LogP contribution is 2.34. The summed E-state index contributed by atoms with van der Waals surface area (Å²) in [6.07, 6.45) is 1.49. The lowest BCUT2D eigenvalue weighted by molar-refractivity contribution is -0.115. The molecule has 0 aliphatic carbocycles. The predicted molar refractivity (Wildman–Crippen MR) is 110 cm³/mol. The van der Waals surface area contributed by atoms with Gasteiger partial charge in [0.15, 0.2) is 23.0 Å². The molecular weight excluding hydrogens is 390 g/mol. The third-order valence-electron chi connectivity index (χ3n) is 4.65. The van der Waals surface area contributed by atoms with Crippen LogP contribution in [0.15, 0.2) is 30.5 Å². The number of hydrogen-bond acceptors (Lipinski definition) is 8. The van der Waals surface area contributed by atoms with Gasteiger partial charge in [-0.2, -0.15) is 10.2 Å². The van der Waals surface area contributed by atoms with Gasteiger partial charge >= 0.3 is 0 Å². The van der Waals surface area contributed by atoms with Gasteiger partial charge in [0, 0.05) is 11.5 Å². The highest BCUT2D eigenvalue weighted by molar-refractivity contribution is 6.02. The number of amides is 1. The molecule has 30 heavy (non-hydrogen) atoms. The molecule has 0 radical (unpaired) electrons. The van der Waals surface area contributed by atoms with Gasteiger partial charge in [-0.25, -0.2) is 0 Å². The van der Waals surface area contributed by atoms with Crippen LogP contribution in [-0.2, 0) is 17.8 Å². The molecule has 0 saturated carbocycles. The summed E-state index contributed by atoms with van der Waals surface area (Å²) in [6, 6.07) is 6.76. The number of aliphatic hydroxyl groups excluding tert-OH is 1. The Bertz CT molecular complexity index is 1070. The van der Waals surface area contributed by atoms with Crippen LogP contribution >= 0.6 is 0 Å². The van der Waals surface area contributed by atoms with E-state index in [0.717, 1.165) is 0 Å². The van der Waals surface area contributed by atoms with E-state index in [9.17, 15) is 9.90 Å². The molecule has 0 fully saturated rings. The van der Waals surface area contributed by atoms with E-state index in [1.54, 1.807) is 24.3 Å². The second-order valence-corrected chi connectivity index (χ2v) is 6.34. The second kappa shape index (κ2) is 9.27. The Balaban J connectivity index is 1.91. The average Bonchev–Trinajstić information content (AvgIpc) is 2.77. The molecule has 3 aromatic rings. The summed E-state index contributed by atoms with van der Waals surface area (Å²) in [7, 11) is 6.08. The zero-order valence-electron chi connectivity index (χ0n) is 17.2. The molecule has 0 aliphatic rings. The molecule has 158 valence electrons. The van der Waals surface area contributed by atoms with Crippen LogP contribution in [0.3, 0.4) is 0 Å². The summed E-state index contributed by atoms with van der Waals surface area (Å²) in [6.45, 7) is -0.236. The number of fused-ring (bicyclic) bond motifs is 1. The van der Waals surface area contributed by atoms with Gasteiger partial charge in [0.05, 0.1) is 58.9 Å². The monoisotopic (exact) mass is 413 g/mol. The summed E-state index contributed by atoms with van der Waals surface area (Å²) in [5.74, 6) is 1.69. The first-order valence-electron chi connectivity index (χ1n) is 9.06. The van der Waals surface area contributed by atoms with Gasteiger partial charge in [0.2, 0.25) is 5.91 Å². The first-order valence-corrected chi connectivity index (χ1v) is 9.06. The van der Waals surface area contributed by atoms with Crippen LogP contribution in [0.1, 0.15) is 11.1 Å². The number of benzene rings is 2. The molecule has 0 saturated heterocycles. The van der Waals surface area contributed by atoms with Crippen LogP contribution in [0.25, 0.3) is 10.9 Å². The quantitative estimate of drug-likeness (QED) is 0.579. The summed E-state index contributed by atoms with van der Waals surface area (Å²) in [4.78, 5) is 12.8. The molecule has 2 aromatic carbocycles. The van der Waals surface area contributed by atoms with E-state index in [1.807, 2.05) is 0 Å². The predicted octanol–water partition coefficient (Wildman–Crippen LogP) is 2.34. The third kappa shape index (κ3) is 4.20. The Hall–Kier alpha value is -3.59. The van der Waals surface area contributed by atoms with E-state index in [-0.39, 0.29) is 18.9 Å². The fraction of sp³-hybridized carbons (Fsp3) is 0.286. The fourth-order valence-corrected chi connectivity index (χ4v) is 3.13. The van der Waals surface area contributed by atoms with Gasteiger partial charge in [-0.15, -0.1) is 0 Å². The molecule has 1 heterocycles. The van der Waals surface area contributed by atoms with Crippen molar-refractivity contribution in [3.63, 3.8) is 0 Å². The number of hydrogen-bond donors (Lipinski definition) is 2. The lowest BCUT2D eigenvalue weighted by Crippen LogP contribution is -2.16. The van der Waals surface area contributed by atoms with Crippen LogP contribution in [0.4, 0.5) is 5.69 Å². The number of ether oxygens (including phenoxy) is 4. The normalized spacial score (nSPS) is 10.6. The number of nitrogens with zero attached hydrogens (tertiary/aromatic N) is 2. The number of anilines is 1. The van der Waals surface area contributed by atoms with Crippen molar-refractivity contribution in [2.45, 2.75) is 13.0 Å². The molecule has 1 amide bonds. The van der Waals surface area contributed by atoms with Crippen molar-refractivity contribution in [3.05, 3.63) is 41.6 Å². The summed E-state index contributed by atoms with van der Waals surface area (Å²) in [5, 5.41) is 21.2. The van der Waals surface area contributed by atoms with Crippen LogP contribution < -0.4 is 24.3 Å². The largest absolute Gasteiger partial charge is 0.493 e. The van der Waals surface area contributed by atoms with E-state index in [4.69, 9.17) is 18.9 Å². The highest BCUT2D eigenvalue weighted by atomic mass is 16.5. The maximum atomic E-state index is 12.8. The van der Waals surface area contributed by atoms with Crippen LogP contribution in [0.5, 0.6) is 23.0 Å². The minimum absolute atomic E-state index is 0.0212. The molecule has 9 heteroatoms. The molecule has 0 atom stereocenters. The van der Waals surface area contributed by atoms with E-state index < -0.39 is 0 Å². The zero-order chi connectivity index (χ0) is 21.7. The smallest absolute Gasteiger partial charge is 0.228 e. The number of carbonyl (C=O) groups is 1. The van der Waals surface area contributed by atoms with Gasteiger partial charge in [-0.1, -0.05) is 0 Å². The van der Waals surface area contributed by atoms with E-state index >= 15 is 0 Å². The molecular formula is C21H23N3O6. The Morgan fingerprint density at radius 3 is 2.07 bits per heavy atom. The van der Waals surface area contributed by atoms with E-state index in [0.29, 0.717) is 50.7 Å². The minimum Gasteiger partial charge on any atom is -0.493 e. The van der Waals surface area contributed by atoms with Crippen molar-refractivity contribution in [1.29, 1.82) is 0 Å². The SMILES string of the molecule is COc1cc(CO)c(CC(=O)Nc2cnnc3cc(OC)c(OC)cc23)cc1OC. The van der Waals surface area contributed by atoms with Crippen molar-refractivity contribution in [2.24, 2.45) is 0 Å². The van der Waals surface area contributed by atoms with Crippen molar-refractivity contribution in [2.75, 3.05) is 33.8 Å². The topological polar surface area (TPSA) is 112 Å². The Morgan fingerprint density at radius 2 is 1.47 bits per heavy atom. The summed E-state index contributed by atoms with van der Waals surface area (Å²) >= 11 is 0. The molecule has 3 rings (SSSR count). The van der Waals surface area contributed by atoms with E-state index in [1.165, 1.54) is 34.6 Å². The number of nitrogens with one attached hydrogen (secondary N) is 1. The Morgan fingerprint density at radius 1 is 0.900 bits per heavy atom. The van der Waals surface area contributed by atoms with Crippen molar-refractivity contribution in [3.8, 4) is 23.0 Å². The highest BCUT2D eigenvalue weighted by Gasteiger charge is 2.16. The van der Waals surface area contributed by atoms with Crippen molar-refractivity contribution in [1.82, 2.24) is 10.2 Å². The number of methoxy groups -OCH3 is 4. The second-order valence-electron chi connectivity index (χ2n) is 6.34. The first-order chi connectivity index (χ1) is 14.5. The molecule has 1 aromatic heterocycles. The molecule has 0 unspecified atom stereocenters. The molecule has 9 nitrogen and oxygen atoms in total. The fourth-order valence-electron chi connectivity index (χ4n) is 3.13. The number of aromatic nitrogens is 2. The van der Waals surface area contributed by atoms with Crippen molar-refractivity contribution < 1.29 is 28.8 Å². The van der Waals surface area contributed by atoms with Crippen LogP contribution in [0, 0.1) is 0 Å². The molecule has 0 spiro atoms. The average molecular weight is 413 g/mol. The van der Waals surface area contributed by atoms with E-state index in [2.05, 4.69) is 15.5 Å². The lowest BCUT2D eigenvalue weighted by atomic mass is 10.0. The maximum absolute atomic E-state index is 12.8. The number of aliphatic hydroxyl groups is 1. The molecule has 0 bridgehead atoms. The number of carbonyl (C=O) groups excluding carboxylic acids is 1. The van der Waals surface area contributed by atoms with Gasteiger partial charge in [0.25, 0.3) is 0 Å². The molecule has 2 N–H and O–H groups in total. The van der Waals surface area contributed by atoms with Gasteiger partial charge in [-0.05, 0) is 29.3 Å². The Labute approximate surface area is 173 Å². The first kappa shape index (κ1) is 21.1. The Kier molecular flexibility index (Phi) is 6.53. The maximum Gasteiger partial charge on any atom is 0.228 e. The molecule has 0 aliphatic heterocycles. The summed E-state index contributed by atoms with van der Waals surface area (Å²) < 4.78 is 21.2. The van der Waals surface area contributed by atoms with Gasteiger partial charge in [0.1, 0.15) is 0 Å².